The van der Waals surface area contributed by atoms with E-state index in [2.05, 4.69) is 15.7 Å². The second-order valence-electron chi connectivity index (χ2n) is 14.1. The van der Waals surface area contributed by atoms with E-state index in [1.807, 2.05) is 18.2 Å². The quantitative estimate of drug-likeness (QED) is 0.394. The number of rotatable bonds is 1. The van der Waals surface area contributed by atoms with Gasteiger partial charge in [-0.1, -0.05) is 23.7 Å². The topological polar surface area (TPSA) is 114 Å². The monoisotopic (exact) mass is 685 g/mol. The molecule has 12 heteroatoms. The maximum absolute atomic E-state index is 13.6. The van der Waals surface area contributed by atoms with Crippen LogP contribution in [0.15, 0.2) is 53.4 Å². The van der Waals surface area contributed by atoms with Gasteiger partial charge < -0.3 is 24.0 Å². The fourth-order valence-corrected chi connectivity index (χ4v) is 8.73. The number of carbonyl (C=O) groups is 2. The lowest BCUT2D eigenvalue weighted by Crippen LogP contribution is -2.50. The number of halogens is 1. The van der Waals surface area contributed by atoms with Crippen LogP contribution in [-0.2, 0) is 36.1 Å². The fourth-order valence-electron chi connectivity index (χ4n) is 7.42. The first kappa shape index (κ1) is 33.6. The number of fused-ring (bicyclic) bond motifs is 4. The Bertz CT molecular complexity index is 1690. The zero-order valence-corrected chi connectivity index (χ0v) is 29.2. The Kier molecular flexibility index (Phi) is 9.04. The highest BCUT2D eigenvalue weighted by Gasteiger charge is 2.45. The Morgan fingerprint density at radius 1 is 1.13 bits per heavy atom. The van der Waals surface area contributed by atoms with Crippen molar-refractivity contribution in [3.63, 3.8) is 0 Å². The summed E-state index contributed by atoms with van der Waals surface area (Å²) in [5.41, 5.74) is 1.23. The van der Waals surface area contributed by atoms with Crippen LogP contribution in [0.5, 0.6) is 5.75 Å². The molecule has 6 rings (SSSR count). The fraction of sp³-hybridized carbons (Fsp3) is 0.543. The Morgan fingerprint density at radius 3 is 2.64 bits per heavy atom. The molecule has 2 heterocycles. The maximum Gasteiger partial charge on any atom is 0.409 e. The van der Waals surface area contributed by atoms with Gasteiger partial charge in [0.05, 0.1) is 23.3 Å². The highest BCUT2D eigenvalue weighted by Crippen LogP contribution is 2.47. The molecule has 2 amide bonds. The normalized spacial score (nSPS) is 30.3. The van der Waals surface area contributed by atoms with Gasteiger partial charge in [-0.2, -0.15) is 0 Å². The largest absolute Gasteiger partial charge is 0.490 e. The third kappa shape index (κ3) is 6.71. The molecule has 1 unspecified atom stereocenters. The van der Waals surface area contributed by atoms with Crippen LogP contribution < -0.4 is 14.4 Å². The van der Waals surface area contributed by atoms with Gasteiger partial charge in [0.2, 0.25) is 0 Å². The zero-order valence-electron chi connectivity index (χ0n) is 27.6. The standard InChI is InChI=1S/C35H44ClN3O7S/c1-22-8-14-30(45-33(41)38(4)5)27-12-9-24(27)19-39-20-35(16-6-7-23-17-25(36)10-13-28(23)35)21-44-31-15-11-26(18-29(31)39)47(42,43)37-32(40)34(2,3)46-22/h8,10-11,13-15,17-18,22,24,27,30H,6-7,9,12,16,19-21H2,1-5H3,(H,37,40)/b14-8-/t22?,24-,27+,30-,35-/m0/s1. The lowest BCUT2D eigenvalue weighted by atomic mass is 9.68. The van der Waals surface area contributed by atoms with Crippen molar-refractivity contribution >= 4 is 39.3 Å². The minimum absolute atomic E-state index is 0.0273. The average Bonchev–Trinajstić information content (AvgIpc) is 3.14. The molecule has 2 aromatic carbocycles. The van der Waals surface area contributed by atoms with Crippen molar-refractivity contribution in [1.29, 1.82) is 0 Å². The minimum Gasteiger partial charge on any atom is -0.490 e. The Balaban J connectivity index is 1.45. The van der Waals surface area contributed by atoms with Crippen LogP contribution in [-0.4, -0.2) is 76.9 Å². The molecule has 1 spiro atoms. The van der Waals surface area contributed by atoms with Gasteiger partial charge in [0.15, 0.2) is 0 Å². The predicted molar refractivity (Wildman–Crippen MR) is 179 cm³/mol. The van der Waals surface area contributed by atoms with Crippen molar-refractivity contribution < 1.29 is 32.2 Å². The summed E-state index contributed by atoms with van der Waals surface area (Å²) in [6, 6.07) is 10.8. The predicted octanol–water partition coefficient (Wildman–Crippen LogP) is 5.46. The number of sulfonamides is 1. The first-order chi connectivity index (χ1) is 22.2. The van der Waals surface area contributed by atoms with E-state index in [-0.39, 0.29) is 22.1 Å². The number of hydrogen-bond acceptors (Lipinski definition) is 8. The van der Waals surface area contributed by atoms with Crippen molar-refractivity contribution in [2.24, 2.45) is 11.8 Å². The Morgan fingerprint density at radius 2 is 1.91 bits per heavy atom. The second-order valence-corrected chi connectivity index (χ2v) is 16.2. The van der Waals surface area contributed by atoms with E-state index in [4.69, 9.17) is 25.8 Å². The van der Waals surface area contributed by atoms with Crippen molar-refractivity contribution in [3.05, 3.63) is 64.7 Å². The first-order valence-corrected chi connectivity index (χ1v) is 18.2. The molecule has 0 aromatic heterocycles. The molecule has 2 aliphatic heterocycles. The second kappa shape index (κ2) is 12.6. The SMILES string of the molecule is CC1/C=C\[C@H](OC(=O)N(C)C)[C@@H]2CC[C@H]2CN2C[C@@]3(CCCc4cc(Cl)ccc43)COc3ccc(cc32)S(=O)(=O)NC(=O)C(C)(C)O1. The third-order valence-corrected chi connectivity index (χ3v) is 11.7. The van der Waals surface area contributed by atoms with E-state index < -0.39 is 39.8 Å². The molecule has 254 valence electrons. The van der Waals surface area contributed by atoms with E-state index in [0.717, 1.165) is 32.1 Å². The lowest BCUT2D eigenvalue weighted by Gasteiger charge is -2.46. The number of benzene rings is 2. The van der Waals surface area contributed by atoms with E-state index in [1.165, 1.54) is 35.9 Å². The molecule has 2 aliphatic carbocycles. The summed E-state index contributed by atoms with van der Waals surface area (Å²) in [6.07, 6.45) is 6.70. The third-order valence-electron chi connectivity index (χ3n) is 10.1. The summed E-state index contributed by atoms with van der Waals surface area (Å²) in [5.74, 6) is -0.0342. The van der Waals surface area contributed by atoms with Crippen LogP contribution in [0, 0.1) is 11.8 Å². The van der Waals surface area contributed by atoms with Crippen molar-refractivity contribution in [2.75, 3.05) is 38.7 Å². The van der Waals surface area contributed by atoms with E-state index >= 15 is 0 Å². The van der Waals surface area contributed by atoms with Gasteiger partial charge in [0.25, 0.3) is 15.9 Å². The number of ether oxygens (including phenoxy) is 3. The molecule has 5 atom stereocenters. The summed E-state index contributed by atoms with van der Waals surface area (Å²) in [7, 11) is -0.937. The van der Waals surface area contributed by atoms with Gasteiger partial charge in [-0.25, -0.2) is 17.9 Å². The van der Waals surface area contributed by atoms with Gasteiger partial charge in [-0.15, -0.1) is 0 Å². The van der Waals surface area contributed by atoms with Gasteiger partial charge >= 0.3 is 6.09 Å². The number of nitrogens with zero attached hydrogens (tertiary/aromatic N) is 2. The molecule has 1 saturated carbocycles. The van der Waals surface area contributed by atoms with Crippen LogP contribution in [0.1, 0.15) is 57.6 Å². The molecule has 0 saturated heterocycles. The van der Waals surface area contributed by atoms with Crippen molar-refractivity contribution in [2.45, 2.75) is 81.0 Å². The zero-order chi connectivity index (χ0) is 33.7. The molecule has 1 N–H and O–H groups in total. The lowest BCUT2D eigenvalue weighted by molar-refractivity contribution is -0.144. The van der Waals surface area contributed by atoms with Crippen LogP contribution in [0.2, 0.25) is 5.02 Å². The molecule has 2 bridgehead atoms. The van der Waals surface area contributed by atoms with E-state index in [1.54, 1.807) is 39.2 Å². The number of carbonyl (C=O) groups excluding carboxylic acids is 2. The highest BCUT2D eigenvalue weighted by molar-refractivity contribution is 7.90. The molecule has 1 fully saturated rings. The van der Waals surface area contributed by atoms with Crippen LogP contribution >= 0.6 is 11.6 Å². The summed E-state index contributed by atoms with van der Waals surface area (Å²) >= 11 is 6.42. The number of hydrogen-bond donors (Lipinski definition) is 1. The first-order valence-electron chi connectivity index (χ1n) is 16.3. The summed E-state index contributed by atoms with van der Waals surface area (Å²) in [5, 5.41) is 0.701. The van der Waals surface area contributed by atoms with Gasteiger partial charge in [0, 0.05) is 43.5 Å². The maximum atomic E-state index is 13.6. The summed E-state index contributed by atoms with van der Waals surface area (Å²) in [6.45, 7) is 6.45. The van der Waals surface area contributed by atoms with Crippen LogP contribution in [0.3, 0.4) is 0 Å². The van der Waals surface area contributed by atoms with Crippen molar-refractivity contribution in [1.82, 2.24) is 9.62 Å². The number of aryl methyl sites for hydroxylation is 1. The number of nitrogens with one attached hydrogen (secondary N) is 1. The van der Waals surface area contributed by atoms with Gasteiger partial charge in [0.1, 0.15) is 17.5 Å². The summed E-state index contributed by atoms with van der Waals surface area (Å²) < 4.78 is 48.1. The smallest absolute Gasteiger partial charge is 0.409 e. The van der Waals surface area contributed by atoms with Crippen LogP contribution in [0.25, 0.3) is 0 Å². The van der Waals surface area contributed by atoms with E-state index in [9.17, 15) is 18.0 Å². The average molecular weight is 686 g/mol. The van der Waals surface area contributed by atoms with Gasteiger partial charge in [-0.05, 0) is 106 Å². The Hall–Kier alpha value is -3.28. The number of anilines is 1. The number of amides is 2. The van der Waals surface area contributed by atoms with Crippen LogP contribution in [0.4, 0.5) is 10.5 Å². The van der Waals surface area contributed by atoms with Crippen molar-refractivity contribution in [3.8, 4) is 5.75 Å². The molecule has 2 aromatic rings. The minimum atomic E-state index is -4.24. The molecule has 10 nitrogen and oxygen atoms in total. The molecular formula is C35H44ClN3O7S. The molecular weight excluding hydrogens is 642 g/mol. The molecule has 4 aliphatic rings. The van der Waals surface area contributed by atoms with E-state index in [0.29, 0.717) is 36.2 Å². The highest BCUT2D eigenvalue weighted by atomic mass is 35.5. The molecule has 47 heavy (non-hydrogen) atoms. The molecule has 0 radical (unpaired) electrons. The Labute approximate surface area is 282 Å². The van der Waals surface area contributed by atoms with Gasteiger partial charge in [-0.3, -0.25) is 4.79 Å². The summed E-state index contributed by atoms with van der Waals surface area (Å²) in [4.78, 5) is 29.7.